The van der Waals surface area contributed by atoms with Gasteiger partial charge < -0.3 is 4.90 Å². The van der Waals surface area contributed by atoms with Crippen LogP contribution in [-0.4, -0.2) is 46.5 Å². The summed E-state index contributed by atoms with van der Waals surface area (Å²) < 4.78 is 0. The van der Waals surface area contributed by atoms with Gasteiger partial charge in [0.1, 0.15) is 17.3 Å². The lowest BCUT2D eigenvalue weighted by Gasteiger charge is -2.25. The van der Waals surface area contributed by atoms with Gasteiger partial charge in [-0.05, 0) is 13.8 Å². The highest BCUT2D eigenvalue weighted by molar-refractivity contribution is 6.71. The molecule has 0 bridgehead atoms. The number of amides is 1. The van der Waals surface area contributed by atoms with Crippen LogP contribution in [0.25, 0.3) is 0 Å². The first-order valence-electron chi connectivity index (χ1n) is 6.64. The van der Waals surface area contributed by atoms with Gasteiger partial charge in [-0.2, -0.15) is 0 Å². The Bertz CT molecular complexity index is 609. The zero-order valence-electron chi connectivity index (χ0n) is 11.9. The molecule has 0 radical (unpaired) electrons. The van der Waals surface area contributed by atoms with E-state index in [9.17, 15) is 9.59 Å². The number of hydrogen-bond donors (Lipinski definition) is 0. The summed E-state index contributed by atoms with van der Waals surface area (Å²) in [4.78, 5) is 25.7. The van der Waals surface area contributed by atoms with Crippen molar-refractivity contribution in [3.05, 3.63) is 35.9 Å². The molecule has 1 aliphatic rings. The van der Waals surface area contributed by atoms with E-state index in [0.717, 1.165) is 5.56 Å². The van der Waals surface area contributed by atoms with Gasteiger partial charge in [-0.1, -0.05) is 30.3 Å². The Morgan fingerprint density at radius 2 is 1.90 bits per heavy atom. The third-order valence-corrected chi connectivity index (χ3v) is 3.40. The molecular formula is C15H16ClN3O2. The molecule has 0 unspecified atom stereocenters. The summed E-state index contributed by atoms with van der Waals surface area (Å²) in [6.45, 7) is 3.86. The Morgan fingerprint density at radius 3 is 2.48 bits per heavy atom. The molecule has 0 aromatic heterocycles. The number of benzene rings is 1. The Kier molecular flexibility index (Phi) is 4.85. The Morgan fingerprint density at radius 1 is 1.24 bits per heavy atom. The predicted molar refractivity (Wildman–Crippen MR) is 83.0 cm³/mol. The third kappa shape index (κ3) is 3.36. The van der Waals surface area contributed by atoms with Crippen molar-refractivity contribution in [2.45, 2.75) is 19.9 Å². The van der Waals surface area contributed by atoms with Crippen molar-refractivity contribution in [3.8, 4) is 0 Å². The number of ketones is 1. The largest absolute Gasteiger partial charge is 0.333 e. The third-order valence-electron chi connectivity index (χ3n) is 3.17. The smallest absolute Gasteiger partial charge is 0.238 e. The maximum atomic E-state index is 12.3. The van der Waals surface area contributed by atoms with E-state index >= 15 is 0 Å². The molecule has 0 atom stereocenters. The number of alkyl halides is 1. The second-order valence-electron chi connectivity index (χ2n) is 4.94. The van der Waals surface area contributed by atoms with Crippen molar-refractivity contribution in [1.82, 2.24) is 4.90 Å². The first-order chi connectivity index (χ1) is 10.0. The highest BCUT2D eigenvalue weighted by atomic mass is 35.5. The molecular weight excluding hydrogens is 290 g/mol. The highest BCUT2D eigenvalue weighted by Crippen LogP contribution is 2.11. The van der Waals surface area contributed by atoms with Crippen LogP contribution in [0.4, 0.5) is 0 Å². The first-order valence-corrected chi connectivity index (χ1v) is 7.18. The summed E-state index contributed by atoms with van der Waals surface area (Å²) in [6.07, 6.45) is 0. The van der Waals surface area contributed by atoms with Gasteiger partial charge in [-0.3, -0.25) is 9.59 Å². The molecule has 1 aromatic rings. The van der Waals surface area contributed by atoms with E-state index in [0.29, 0.717) is 5.71 Å². The number of rotatable bonds is 5. The molecule has 5 nitrogen and oxygen atoms in total. The van der Waals surface area contributed by atoms with E-state index in [1.807, 2.05) is 32.0 Å². The van der Waals surface area contributed by atoms with Gasteiger partial charge >= 0.3 is 0 Å². The molecule has 1 amide bonds. The van der Waals surface area contributed by atoms with Crippen LogP contribution >= 0.6 is 11.6 Å². The molecule has 21 heavy (non-hydrogen) atoms. The fourth-order valence-electron chi connectivity index (χ4n) is 2.02. The number of carbonyl (C=O) groups excluding carboxylic acids is 2. The zero-order chi connectivity index (χ0) is 15.4. The topological polar surface area (TPSA) is 62.1 Å². The molecule has 2 rings (SSSR count). The average Bonchev–Trinajstić information content (AvgIpc) is 2.85. The van der Waals surface area contributed by atoms with Crippen LogP contribution in [0.5, 0.6) is 0 Å². The summed E-state index contributed by atoms with van der Waals surface area (Å²) in [5, 5.41) is 7.88. The van der Waals surface area contributed by atoms with E-state index in [2.05, 4.69) is 10.2 Å². The maximum absolute atomic E-state index is 12.3. The minimum Gasteiger partial charge on any atom is -0.333 e. The van der Waals surface area contributed by atoms with Crippen LogP contribution < -0.4 is 0 Å². The van der Waals surface area contributed by atoms with Crippen LogP contribution in [-0.2, 0) is 9.59 Å². The van der Waals surface area contributed by atoms with Crippen molar-refractivity contribution < 1.29 is 9.59 Å². The quantitative estimate of drug-likeness (QED) is 0.780. The lowest BCUT2D eigenvalue weighted by atomic mass is 10.0. The molecule has 110 valence electrons. The molecule has 1 aromatic carbocycles. The van der Waals surface area contributed by atoms with Gasteiger partial charge in [-0.25, -0.2) is 0 Å². The van der Waals surface area contributed by atoms with Gasteiger partial charge in [-0.15, -0.1) is 21.8 Å². The van der Waals surface area contributed by atoms with E-state index in [1.165, 1.54) is 4.90 Å². The molecule has 1 heterocycles. The Balaban J connectivity index is 2.12. The van der Waals surface area contributed by atoms with Crippen LogP contribution in [0.2, 0.25) is 0 Å². The summed E-state index contributed by atoms with van der Waals surface area (Å²) in [5.41, 5.74) is 1.30. The fraction of sp³-hybridized carbons (Fsp3) is 0.333. The van der Waals surface area contributed by atoms with Crippen LogP contribution in [0.3, 0.4) is 0 Å². The van der Waals surface area contributed by atoms with Gasteiger partial charge in [0.15, 0.2) is 0 Å². The second-order valence-corrected chi connectivity index (χ2v) is 5.21. The molecule has 0 saturated heterocycles. The van der Waals surface area contributed by atoms with Gasteiger partial charge in [0.25, 0.3) is 0 Å². The summed E-state index contributed by atoms with van der Waals surface area (Å²) in [6, 6.07) is 9.08. The minimum absolute atomic E-state index is 0.0625. The van der Waals surface area contributed by atoms with Crippen LogP contribution in [0, 0.1) is 0 Å². The Labute approximate surface area is 128 Å². The summed E-state index contributed by atoms with van der Waals surface area (Å²) in [5.74, 6) is -0.587. The molecule has 0 aliphatic carbocycles. The van der Waals surface area contributed by atoms with Crippen molar-refractivity contribution >= 4 is 34.7 Å². The number of halogens is 1. The fourth-order valence-corrected chi connectivity index (χ4v) is 2.18. The van der Waals surface area contributed by atoms with Gasteiger partial charge in [0.2, 0.25) is 11.7 Å². The van der Waals surface area contributed by atoms with Gasteiger partial charge in [0, 0.05) is 11.6 Å². The zero-order valence-corrected chi connectivity index (χ0v) is 12.7. The van der Waals surface area contributed by atoms with Crippen molar-refractivity contribution in [3.63, 3.8) is 0 Å². The van der Waals surface area contributed by atoms with E-state index in [1.54, 1.807) is 12.1 Å². The standard InChI is InChI=1S/C15H16ClN3O2/c1-10(2)19(13(20)8-16)9-12-15(21)14(18-17-12)11-6-4-3-5-7-11/h3-7,10H,8-9H2,1-2H3. The summed E-state index contributed by atoms with van der Waals surface area (Å²) in [7, 11) is 0. The lowest BCUT2D eigenvalue weighted by Crippen LogP contribution is -2.43. The normalized spacial score (nSPS) is 14.2. The first kappa shape index (κ1) is 15.4. The molecule has 0 N–H and O–H groups in total. The molecule has 0 spiro atoms. The SMILES string of the molecule is CC(C)N(CC1=NN=C(c2ccccc2)C1=O)C(=O)CCl. The van der Waals surface area contributed by atoms with Crippen LogP contribution in [0.1, 0.15) is 19.4 Å². The lowest BCUT2D eigenvalue weighted by molar-refractivity contribution is -0.129. The number of carbonyl (C=O) groups is 2. The predicted octanol–water partition coefficient (Wildman–Crippen LogP) is 1.89. The summed E-state index contributed by atoms with van der Waals surface area (Å²) >= 11 is 5.59. The molecule has 6 heteroatoms. The van der Waals surface area contributed by atoms with Crippen molar-refractivity contribution in [1.29, 1.82) is 0 Å². The molecule has 1 aliphatic heterocycles. The van der Waals surface area contributed by atoms with Crippen molar-refractivity contribution in [2.24, 2.45) is 10.2 Å². The van der Waals surface area contributed by atoms with E-state index < -0.39 is 0 Å². The number of nitrogens with zero attached hydrogens (tertiary/aromatic N) is 3. The van der Waals surface area contributed by atoms with Crippen LogP contribution in [0.15, 0.2) is 40.5 Å². The highest BCUT2D eigenvalue weighted by Gasteiger charge is 2.29. The van der Waals surface area contributed by atoms with E-state index in [-0.39, 0.29) is 35.9 Å². The van der Waals surface area contributed by atoms with Gasteiger partial charge in [0.05, 0.1) is 6.54 Å². The molecule has 0 fully saturated rings. The number of Topliss-reactive ketones (excluding diaryl/α,β-unsaturated/α-hetero) is 1. The molecule has 0 saturated carbocycles. The maximum Gasteiger partial charge on any atom is 0.238 e. The minimum atomic E-state index is -0.241. The number of hydrogen-bond acceptors (Lipinski definition) is 4. The Hall–Kier alpha value is -2.01. The second kappa shape index (κ2) is 6.63. The monoisotopic (exact) mass is 305 g/mol. The van der Waals surface area contributed by atoms with Crippen molar-refractivity contribution in [2.75, 3.05) is 12.4 Å². The average molecular weight is 306 g/mol. The van der Waals surface area contributed by atoms with E-state index in [4.69, 9.17) is 11.6 Å².